The summed E-state index contributed by atoms with van der Waals surface area (Å²) >= 11 is 0. The van der Waals surface area contributed by atoms with E-state index in [1.54, 1.807) is 38.1 Å². The zero-order valence-corrected chi connectivity index (χ0v) is 13.6. The van der Waals surface area contributed by atoms with Crippen LogP contribution in [0.25, 0.3) is 0 Å². The Balaban J connectivity index is 2.48. The Bertz CT molecular complexity index is 631. The molecule has 0 fully saturated rings. The minimum absolute atomic E-state index is 0.103. The highest BCUT2D eigenvalue weighted by Crippen LogP contribution is 2.10. The zero-order chi connectivity index (χ0) is 15.4. The van der Waals surface area contributed by atoms with Gasteiger partial charge < -0.3 is 5.32 Å². The van der Waals surface area contributed by atoms with E-state index in [0.717, 1.165) is 11.8 Å². The molecule has 0 amide bonds. The zero-order valence-electron chi connectivity index (χ0n) is 12.0. The van der Waals surface area contributed by atoms with E-state index in [0.29, 0.717) is 13.1 Å². The van der Waals surface area contributed by atoms with Crippen LogP contribution in [0.5, 0.6) is 0 Å². The van der Waals surface area contributed by atoms with Crippen LogP contribution in [0.15, 0.2) is 29.2 Å². The number of hydrogen-bond acceptors (Lipinski definition) is 5. The van der Waals surface area contributed by atoms with Crippen molar-refractivity contribution in [1.82, 2.24) is 5.32 Å². The van der Waals surface area contributed by atoms with E-state index in [1.807, 2.05) is 0 Å². The molecule has 1 rings (SSSR count). The van der Waals surface area contributed by atoms with Gasteiger partial charge in [-0.15, -0.1) is 0 Å². The third kappa shape index (κ3) is 5.22. The molecule has 0 aromatic heterocycles. The molecule has 1 aromatic rings. The fourth-order valence-electron chi connectivity index (χ4n) is 1.54. The predicted octanol–water partition coefficient (Wildman–Crippen LogP) is 1.00. The van der Waals surface area contributed by atoms with Gasteiger partial charge in [-0.25, -0.2) is 16.8 Å². The first-order valence-corrected chi connectivity index (χ1v) is 9.95. The van der Waals surface area contributed by atoms with E-state index in [-0.39, 0.29) is 15.9 Å². The Morgan fingerprint density at radius 2 is 1.60 bits per heavy atom. The van der Waals surface area contributed by atoms with Crippen LogP contribution in [0.3, 0.4) is 0 Å². The van der Waals surface area contributed by atoms with Crippen molar-refractivity contribution < 1.29 is 16.8 Å². The van der Waals surface area contributed by atoms with Crippen molar-refractivity contribution in [3.8, 4) is 0 Å². The van der Waals surface area contributed by atoms with Crippen LogP contribution in [0.4, 0.5) is 0 Å². The van der Waals surface area contributed by atoms with E-state index in [4.69, 9.17) is 0 Å². The van der Waals surface area contributed by atoms with Gasteiger partial charge in [0.25, 0.3) is 0 Å². The van der Waals surface area contributed by atoms with E-state index >= 15 is 0 Å². The molecule has 0 heterocycles. The van der Waals surface area contributed by atoms with Gasteiger partial charge in [0.15, 0.2) is 19.7 Å². The van der Waals surface area contributed by atoms with Gasteiger partial charge in [0.2, 0.25) is 0 Å². The minimum atomic E-state index is -3.17. The van der Waals surface area contributed by atoms with Gasteiger partial charge >= 0.3 is 0 Å². The van der Waals surface area contributed by atoms with Crippen LogP contribution in [-0.4, -0.2) is 40.6 Å². The van der Waals surface area contributed by atoms with Gasteiger partial charge in [-0.05, 0) is 31.5 Å². The predicted molar refractivity (Wildman–Crippen MR) is 80.2 cm³/mol. The smallest absolute Gasteiger partial charge is 0.175 e. The van der Waals surface area contributed by atoms with Crippen molar-refractivity contribution in [1.29, 1.82) is 0 Å². The molecule has 0 bridgehead atoms. The Labute approximate surface area is 121 Å². The first kappa shape index (κ1) is 17.1. The second kappa shape index (κ2) is 6.69. The fourth-order valence-corrected chi connectivity index (χ4v) is 3.07. The summed E-state index contributed by atoms with van der Waals surface area (Å²) in [6.07, 6.45) is 1.16. The molecule has 1 N–H and O–H groups in total. The van der Waals surface area contributed by atoms with Crippen molar-refractivity contribution in [2.45, 2.75) is 30.5 Å². The van der Waals surface area contributed by atoms with Crippen LogP contribution < -0.4 is 5.32 Å². The molecule has 0 saturated heterocycles. The van der Waals surface area contributed by atoms with Gasteiger partial charge in [0, 0.05) is 19.3 Å². The van der Waals surface area contributed by atoms with Gasteiger partial charge in [0.1, 0.15) is 0 Å². The van der Waals surface area contributed by atoms with Crippen LogP contribution in [-0.2, 0) is 26.2 Å². The molecule has 20 heavy (non-hydrogen) atoms. The van der Waals surface area contributed by atoms with Crippen LogP contribution in [0.1, 0.15) is 19.4 Å². The maximum atomic E-state index is 11.6. The summed E-state index contributed by atoms with van der Waals surface area (Å²) in [6.45, 7) is 4.23. The molecule has 0 aliphatic heterocycles. The van der Waals surface area contributed by atoms with Gasteiger partial charge in [-0.2, -0.15) is 0 Å². The first-order valence-electron chi connectivity index (χ1n) is 6.34. The molecule has 0 unspecified atom stereocenters. The lowest BCUT2D eigenvalue weighted by atomic mass is 10.2. The molecule has 0 radical (unpaired) electrons. The second-order valence-electron chi connectivity index (χ2n) is 5.01. The average Bonchev–Trinajstić information content (AvgIpc) is 2.34. The summed E-state index contributed by atoms with van der Waals surface area (Å²) in [7, 11) is -6.19. The van der Waals surface area contributed by atoms with Crippen molar-refractivity contribution in [2.75, 3.05) is 18.6 Å². The van der Waals surface area contributed by atoms with Gasteiger partial charge in [0.05, 0.1) is 15.9 Å². The fraction of sp³-hybridized carbons (Fsp3) is 0.538. The van der Waals surface area contributed by atoms with E-state index in [2.05, 4.69) is 5.32 Å². The largest absolute Gasteiger partial charge is 0.312 e. The number of sulfone groups is 2. The average molecular weight is 319 g/mol. The highest BCUT2D eigenvalue weighted by atomic mass is 32.2. The van der Waals surface area contributed by atoms with Gasteiger partial charge in [-0.1, -0.05) is 12.1 Å². The van der Waals surface area contributed by atoms with Crippen LogP contribution in [0, 0.1) is 0 Å². The molecule has 1 aromatic carbocycles. The van der Waals surface area contributed by atoms with Crippen molar-refractivity contribution in [3.05, 3.63) is 29.8 Å². The summed E-state index contributed by atoms with van der Waals surface area (Å²) in [5.74, 6) is 0.103. The maximum absolute atomic E-state index is 11.6. The van der Waals surface area contributed by atoms with Crippen molar-refractivity contribution in [3.63, 3.8) is 0 Å². The molecular formula is C13H21NO4S2. The lowest BCUT2D eigenvalue weighted by Crippen LogP contribution is -2.27. The summed E-state index contributed by atoms with van der Waals surface area (Å²) < 4.78 is 45.8. The maximum Gasteiger partial charge on any atom is 0.175 e. The molecule has 5 nitrogen and oxygen atoms in total. The third-order valence-electron chi connectivity index (χ3n) is 2.96. The number of rotatable bonds is 7. The highest BCUT2D eigenvalue weighted by Gasteiger charge is 2.14. The van der Waals surface area contributed by atoms with Crippen LogP contribution >= 0.6 is 0 Å². The highest BCUT2D eigenvalue weighted by molar-refractivity contribution is 7.92. The van der Waals surface area contributed by atoms with E-state index in [9.17, 15) is 16.8 Å². The number of nitrogens with one attached hydrogen (secondary N) is 1. The monoisotopic (exact) mass is 319 g/mol. The molecule has 0 saturated carbocycles. The summed E-state index contributed by atoms with van der Waals surface area (Å²) in [5.41, 5.74) is 0.916. The molecule has 0 aliphatic rings. The lowest BCUT2D eigenvalue weighted by Gasteiger charge is -2.09. The minimum Gasteiger partial charge on any atom is -0.312 e. The summed E-state index contributed by atoms with van der Waals surface area (Å²) in [6, 6.07) is 6.55. The number of benzene rings is 1. The Kier molecular flexibility index (Phi) is 5.73. The molecule has 7 heteroatoms. The molecular weight excluding hydrogens is 298 g/mol. The second-order valence-corrected chi connectivity index (χ2v) is 9.70. The molecule has 0 atom stereocenters. The number of hydrogen-bond donors (Lipinski definition) is 1. The molecule has 0 spiro atoms. The topological polar surface area (TPSA) is 80.3 Å². The SMILES string of the molecule is CC(C)S(=O)(=O)CCNCc1ccc(S(C)(=O)=O)cc1. The Morgan fingerprint density at radius 1 is 1.05 bits per heavy atom. The standard InChI is InChI=1S/C13H21NO4S2/c1-11(2)20(17,18)9-8-14-10-12-4-6-13(7-5-12)19(3,15)16/h4-7,11,14H,8-10H2,1-3H3. The molecule has 114 valence electrons. The lowest BCUT2D eigenvalue weighted by molar-refractivity contribution is 0.582. The van der Waals surface area contributed by atoms with E-state index in [1.165, 1.54) is 0 Å². The molecule has 0 aliphatic carbocycles. The summed E-state index contributed by atoms with van der Waals surface area (Å²) in [4.78, 5) is 0.281. The third-order valence-corrected chi connectivity index (χ3v) is 6.30. The Morgan fingerprint density at radius 3 is 2.05 bits per heavy atom. The van der Waals surface area contributed by atoms with Crippen LogP contribution in [0.2, 0.25) is 0 Å². The first-order chi connectivity index (χ1) is 9.13. The van der Waals surface area contributed by atoms with Crippen molar-refractivity contribution in [2.24, 2.45) is 0 Å². The normalized spacial score (nSPS) is 12.8. The Hall–Kier alpha value is -0.920. The quantitative estimate of drug-likeness (QED) is 0.759. The van der Waals surface area contributed by atoms with Gasteiger partial charge in [-0.3, -0.25) is 0 Å². The van der Waals surface area contributed by atoms with Crippen molar-refractivity contribution >= 4 is 19.7 Å². The van der Waals surface area contributed by atoms with E-state index < -0.39 is 19.7 Å². The summed E-state index contributed by atoms with van der Waals surface area (Å²) in [5, 5.41) is 2.68.